The van der Waals surface area contributed by atoms with Crippen LogP contribution in [0.5, 0.6) is 0 Å². The van der Waals surface area contributed by atoms with Gasteiger partial charge in [0.1, 0.15) is 19.3 Å². The molecule has 0 aliphatic rings. The number of carbonyl (C=O) groups excluding carboxylic acids is 4. The molecule has 0 rings (SSSR count). The Morgan fingerprint density at radius 2 is 0.533 bits per heavy atom. The first-order valence-corrected chi connectivity index (χ1v) is 39.7. The molecule has 0 saturated heterocycles. The largest absolute Gasteiger partial charge is 0.472 e. The predicted molar refractivity (Wildman–Crippen MR) is 363 cm³/mol. The Bertz CT molecular complexity index is 1780. The van der Waals surface area contributed by atoms with E-state index in [-0.39, 0.29) is 25.7 Å². The first-order valence-electron chi connectivity index (χ1n) is 36.7. The fourth-order valence-electron chi connectivity index (χ4n) is 10.6. The second kappa shape index (κ2) is 60.7. The van der Waals surface area contributed by atoms with E-state index in [2.05, 4.69) is 55.4 Å². The standard InChI is InChI=1S/C71H138O17P2/c1-9-64(8)50-42-34-25-19-14-12-10-11-13-15-21-27-37-45-53-70(75)87-66(57-81-68(73)51-43-35-26-20-17-16-18-23-31-39-47-61(2)3)59-85-89(77,78)83-55-65(72)56-84-90(79,80)86-60-67(88-71(76)54-46-38-30-29-33-41-49-63(6)7)58-82-69(74)52-44-36-28-22-24-32-40-48-62(4)5/h61-67,72H,9-60H2,1-8H3,(H,77,78)(H,79,80)/t64?,65?,66-,67-/m1/s1. The van der Waals surface area contributed by atoms with Crippen molar-refractivity contribution in [2.75, 3.05) is 39.6 Å². The minimum Gasteiger partial charge on any atom is -0.462 e. The molecule has 3 N–H and O–H groups in total. The minimum absolute atomic E-state index is 0.101. The number of rotatable bonds is 68. The third kappa shape index (κ3) is 63.5. The summed E-state index contributed by atoms with van der Waals surface area (Å²) < 4.78 is 68.2. The van der Waals surface area contributed by atoms with E-state index in [4.69, 9.17) is 37.0 Å². The Labute approximate surface area is 549 Å². The molecule has 0 aromatic rings. The topological polar surface area (TPSA) is 237 Å². The van der Waals surface area contributed by atoms with E-state index < -0.39 is 97.5 Å². The number of ether oxygens (including phenoxy) is 4. The van der Waals surface area contributed by atoms with Gasteiger partial charge in [-0.15, -0.1) is 0 Å². The molecule has 6 atom stereocenters. The van der Waals surface area contributed by atoms with Gasteiger partial charge in [0.15, 0.2) is 12.2 Å². The second-order valence-corrected chi connectivity index (χ2v) is 30.2. The number of aliphatic hydroxyl groups excluding tert-OH is 1. The van der Waals surface area contributed by atoms with Gasteiger partial charge in [0.2, 0.25) is 0 Å². The van der Waals surface area contributed by atoms with E-state index in [0.717, 1.165) is 108 Å². The molecule has 0 aromatic heterocycles. The van der Waals surface area contributed by atoms with Crippen molar-refractivity contribution in [2.45, 2.75) is 369 Å². The van der Waals surface area contributed by atoms with Crippen molar-refractivity contribution in [3.8, 4) is 0 Å². The van der Waals surface area contributed by atoms with Crippen LogP contribution >= 0.6 is 15.6 Å². The maximum Gasteiger partial charge on any atom is 0.472 e. The highest BCUT2D eigenvalue weighted by atomic mass is 31.2. The lowest BCUT2D eigenvalue weighted by Crippen LogP contribution is -2.30. The van der Waals surface area contributed by atoms with Gasteiger partial charge >= 0.3 is 39.5 Å². The van der Waals surface area contributed by atoms with E-state index in [1.165, 1.54) is 148 Å². The van der Waals surface area contributed by atoms with Crippen molar-refractivity contribution in [2.24, 2.45) is 23.7 Å². The molecular formula is C71H138O17P2. The minimum atomic E-state index is -4.95. The van der Waals surface area contributed by atoms with Crippen molar-refractivity contribution in [1.29, 1.82) is 0 Å². The molecule has 0 saturated carbocycles. The predicted octanol–water partition coefficient (Wildman–Crippen LogP) is 20.1. The fraction of sp³-hybridized carbons (Fsp3) is 0.944. The zero-order valence-electron chi connectivity index (χ0n) is 58.8. The van der Waals surface area contributed by atoms with Crippen LogP contribution in [0.3, 0.4) is 0 Å². The molecule has 0 aliphatic carbocycles. The Balaban J connectivity index is 5.22. The highest BCUT2D eigenvalue weighted by Crippen LogP contribution is 2.45. The van der Waals surface area contributed by atoms with Crippen molar-refractivity contribution in [3.63, 3.8) is 0 Å². The summed E-state index contributed by atoms with van der Waals surface area (Å²) in [6.07, 6.45) is 43.3. The van der Waals surface area contributed by atoms with Gasteiger partial charge < -0.3 is 33.8 Å². The van der Waals surface area contributed by atoms with Gasteiger partial charge in [-0.3, -0.25) is 37.3 Å². The number of esters is 4. The number of phosphoric ester groups is 2. The van der Waals surface area contributed by atoms with Gasteiger partial charge in [-0.1, -0.05) is 299 Å². The number of hydrogen-bond acceptors (Lipinski definition) is 15. The molecule has 0 spiro atoms. The summed E-state index contributed by atoms with van der Waals surface area (Å²) in [6, 6.07) is 0. The van der Waals surface area contributed by atoms with E-state index in [0.29, 0.717) is 37.5 Å². The van der Waals surface area contributed by atoms with Crippen LogP contribution in [0.25, 0.3) is 0 Å². The SMILES string of the molecule is CCC(C)CCCCCCCCCCCCCCCCC(=O)O[C@H](COC(=O)CCCCCCCCCCCCC(C)C)COP(=O)(O)OCC(O)COP(=O)(O)OC[C@@H](COC(=O)CCCCCCCCCC(C)C)OC(=O)CCCCCCCCC(C)C. The Morgan fingerprint density at radius 1 is 0.311 bits per heavy atom. The molecule has 0 aromatic carbocycles. The summed E-state index contributed by atoms with van der Waals surface area (Å²) in [5.74, 6) is 0.846. The molecule has 534 valence electrons. The molecule has 17 nitrogen and oxygen atoms in total. The smallest absolute Gasteiger partial charge is 0.462 e. The van der Waals surface area contributed by atoms with Crippen LogP contribution in [0, 0.1) is 23.7 Å². The summed E-state index contributed by atoms with van der Waals surface area (Å²) >= 11 is 0. The van der Waals surface area contributed by atoms with Crippen LogP contribution in [0.4, 0.5) is 0 Å². The van der Waals surface area contributed by atoms with Crippen molar-refractivity contribution >= 4 is 39.5 Å². The molecule has 90 heavy (non-hydrogen) atoms. The maximum atomic E-state index is 13.0. The normalized spacial score (nSPS) is 14.6. The summed E-state index contributed by atoms with van der Waals surface area (Å²) in [5.41, 5.74) is 0. The number of aliphatic hydroxyl groups is 1. The first kappa shape index (κ1) is 88.1. The number of unbranched alkanes of at least 4 members (excludes halogenated alkanes) is 33. The van der Waals surface area contributed by atoms with Crippen molar-refractivity contribution in [1.82, 2.24) is 0 Å². The van der Waals surface area contributed by atoms with Gasteiger partial charge in [-0.2, -0.15) is 0 Å². The molecule has 0 aliphatic heterocycles. The quantitative estimate of drug-likeness (QED) is 0.0222. The van der Waals surface area contributed by atoms with E-state index in [9.17, 15) is 43.2 Å². The average molecular weight is 1330 g/mol. The first-order chi connectivity index (χ1) is 43.1. The third-order valence-corrected chi connectivity index (χ3v) is 18.6. The maximum absolute atomic E-state index is 13.0. The third-order valence-electron chi connectivity index (χ3n) is 16.7. The van der Waals surface area contributed by atoms with Gasteiger partial charge in [-0.05, 0) is 49.4 Å². The molecule has 0 radical (unpaired) electrons. The lowest BCUT2D eigenvalue weighted by molar-refractivity contribution is -0.161. The van der Waals surface area contributed by atoms with Gasteiger partial charge in [0.05, 0.1) is 26.4 Å². The van der Waals surface area contributed by atoms with Crippen LogP contribution in [-0.2, 0) is 65.4 Å². The molecule has 0 amide bonds. The van der Waals surface area contributed by atoms with Gasteiger partial charge in [0.25, 0.3) is 0 Å². The number of carbonyl (C=O) groups is 4. The van der Waals surface area contributed by atoms with Crippen LogP contribution < -0.4 is 0 Å². The number of phosphoric acid groups is 2. The van der Waals surface area contributed by atoms with E-state index in [1.54, 1.807) is 0 Å². The van der Waals surface area contributed by atoms with E-state index >= 15 is 0 Å². The summed E-state index contributed by atoms with van der Waals surface area (Å²) in [7, 11) is -9.90. The lowest BCUT2D eigenvalue weighted by atomic mass is 9.99. The molecule has 0 bridgehead atoms. The molecular weight excluding hydrogens is 1190 g/mol. The second-order valence-electron chi connectivity index (χ2n) is 27.3. The van der Waals surface area contributed by atoms with Gasteiger partial charge in [-0.25, -0.2) is 9.13 Å². The molecule has 0 heterocycles. The summed E-state index contributed by atoms with van der Waals surface area (Å²) in [5, 5.41) is 10.6. The van der Waals surface area contributed by atoms with Crippen LogP contribution in [0.1, 0.15) is 351 Å². The number of hydrogen-bond donors (Lipinski definition) is 3. The van der Waals surface area contributed by atoms with E-state index in [1.807, 2.05) is 0 Å². The zero-order chi connectivity index (χ0) is 66.8. The van der Waals surface area contributed by atoms with Crippen molar-refractivity contribution < 1.29 is 80.2 Å². The van der Waals surface area contributed by atoms with Crippen LogP contribution in [0.2, 0.25) is 0 Å². The summed E-state index contributed by atoms with van der Waals surface area (Å²) in [4.78, 5) is 72.5. The Kier molecular flexibility index (Phi) is 59.4. The highest BCUT2D eigenvalue weighted by molar-refractivity contribution is 7.47. The highest BCUT2D eigenvalue weighted by Gasteiger charge is 2.30. The molecule has 19 heteroatoms. The van der Waals surface area contributed by atoms with Crippen molar-refractivity contribution in [3.05, 3.63) is 0 Å². The van der Waals surface area contributed by atoms with Gasteiger partial charge in [0, 0.05) is 25.7 Å². The Hall–Kier alpha value is -1.94. The molecule has 0 fully saturated rings. The lowest BCUT2D eigenvalue weighted by Gasteiger charge is -2.21. The van der Waals surface area contributed by atoms with Crippen LogP contribution in [0.15, 0.2) is 0 Å². The average Bonchev–Trinajstić information content (AvgIpc) is 3.71. The Morgan fingerprint density at radius 3 is 0.789 bits per heavy atom. The summed E-state index contributed by atoms with van der Waals surface area (Å²) in [6.45, 7) is 14.1. The fourth-order valence-corrected chi connectivity index (χ4v) is 12.2. The zero-order valence-corrected chi connectivity index (χ0v) is 60.6. The van der Waals surface area contributed by atoms with Crippen LogP contribution in [-0.4, -0.2) is 96.7 Å². The monoisotopic (exact) mass is 1320 g/mol. The molecule has 4 unspecified atom stereocenters.